The highest BCUT2D eigenvalue weighted by Gasteiger charge is 2.19. The van der Waals surface area contributed by atoms with Gasteiger partial charge in [-0.15, -0.1) is 5.10 Å². The average Bonchev–Trinajstić information content (AvgIpc) is 2.60. The van der Waals surface area contributed by atoms with Crippen molar-refractivity contribution in [2.45, 2.75) is 31.8 Å². The second kappa shape index (κ2) is 4.30. The topological polar surface area (TPSA) is 97.1 Å². The molecule has 2 N–H and O–H groups in total. The van der Waals surface area contributed by atoms with E-state index in [0.717, 1.165) is 19.3 Å². The number of aromatic carboxylic acids is 1. The number of carboxylic acids is 1. The number of hydrogen-bond donors (Lipinski definition) is 2. The van der Waals surface area contributed by atoms with Crippen molar-refractivity contribution >= 4 is 11.9 Å². The van der Waals surface area contributed by atoms with Gasteiger partial charge in [0.2, 0.25) is 5.91 Å². The molecular formula is C9H12N4O3. The number of nitrogens with one attached hydrogen (secondary N) is 1. The predicted molar refractivity (Wildman–Crippen MR) is 52.8 cm³/mol. The first-order chi connectivity index (χ1) is 7.65. The van der Waals surface area contributed by atoms with Crippen LogP contribution < -0.4 is 5.32 Å². The molecule has 7 nitrogen and oxygen atoms in total. The molecule has 1 amide bonds. The lowest BCUT2D eigenvalue weighted by Gasteiger charge is -2.26. The minimum atomic E-state index is -1.15. The highest BCUT2D eigenvalue weighted by molar-refractivity contribution is 5.84. The standard InChI is InChI=1S/C9H12N4O3/c14-8(10-6-2-1-3-6)5-13-4-7(9(15)16)11-12-13/h4,6H,1-3,5H2,(H,10,14)(H,15,16). The zero-order chi connectivity index (χ0) is 11.5. The van der Waals surface area contributed by atoms with Gasteiger partial charge >= 0.3 is 5.97 Å². The van der Waals surface area contributed by atoms with Crippen molar-refractivity contribution < 1.29 is 14.7 Å². The molecule has 0 aromatic carbocycles. The largest absolute Gasteiger partial charge is 0.476 e. The van der Waals surface area contributed by atoms with E-state index in [2.05, 4.69) is 15.6 Å². The van der Waals surface area contributed by atoms with Crippen molar-refractivity contribution in [3.63, 3.8) is 0 Å². The van der Waals surface area contributed by atoms with Crippen LogP contribution in [-0.2, 0) is 11.3 Å². The summed E-state index contributed by atoms with van der Waals surface area (Å²) >= 11 is 0. The SMILES string of the molecule is O=C(Cn1cc(C(=O)O)nn1)NC1CCC1. The zero-order valence-electron chi connectivity index (χ0n) is 8.59. The lowest BCUT2D eigenvalue weighted by molar-refractivity contribution is -0.123. The van der Waals surface area contributed by atoms with Crippen LogP contribution >= 0.6 is 0 Å². The van der Waals surface area contributed by atoms with E-state index < -0.39 is 5.97 Å². The van der Waals surface area contributed by atoms with Crippen LogP contribution in [-0.4, -0.2) is 38.0 Å². The van der Waals surface area contributed by atoms with E-state index in [1.807, 2.05) is 0 Å². The van der Waals surface area contributed by atoms with Gasteiger partial charge in [0, 0.05) is 6.04 Å². The molecule has 1 fully saturated rings. The van der Waals surface area contributed by atoms with Gasteiger partial charge in [0.05, 0.1) is 6.20 Å². The summed E-state index contributed by atoms with van der Waals surface area (Å²) in [5.74, 6) is -1.31. The zero-order valence-corrected chi connectivity index (χ0v) is 8.59. The normalized spacial score (nSPS) is 15.5. The Kier molecular flexibility index (Phi) is 2.84. The van der Waals surface area contributed by atoms with Gasteiger partial charge in [0.1, 0.15) is 6.54 Å². The Labute approximate surface area is 91.4 Å². The molecule has 7 heteroatoms. The van der Waals surface area contributed by atoms with E-state index in [1.165, 1.54) is 10.9 Å². The Morgan fingerprint density at radius 3 is 2.81 bits per heavy atom. The molecule has 86 valence electrons. The van der Waals surface area contributed by atoms with Gasteiger partial charge in [0.25, 0.3) is 0 Å². The summed E-state index contributed by atoms with van der Waals surface area (Å²) in [6.07, 6.45) is 4.42. The van der Waals surface area contributed by atoms with Gasteiger partial charge in [-0.2, -0.15) is 0 Å². The third-order valence-corrected chi connectivity index (χ3v) is 2.53. The molecule has 16 heavy (non-hydrogen) atoms. The highest BCUT2D eigenvalue weighted by atomic mass is 16.4. The van der Waals surface area contributed by atoms with Crippen LogP contribution in [0.2, 0.25) is 0 Å². The number of carboxylic acid groups (broad SMARTS) is 1. The van der Waals surface area contributed by atoms with Crippen LogP contribution in [0.25, 0.3) is 0 Å². The van der Waals surface area contributed by atoms with Gasteiger partial charge in [0.15, 0.2) is 5.69 Å². The Morgan fingerprint density at radius 2 is 2.31 bits per heavy atom. The van der Waals surface area contributed by atoms with Crippen LogP contribution in [0.3, 0.4) is 0 Å². The average molecular weight is 224 g/mol. The van der Waals surface area contributed by atoms with Crippen molar-refractivity contribution in [2.75, 3.05) is 0 Å². The second-order valence-corrected chi connectivity index (χ2v) is 3.80. The molecule has 0 bridgehead atoms. The summed E-state index contributed by atoms with van der Waals surface area (Å²) in [6.45, 7) is 0.0107. The minimum absolute atomic E-state index is 0.0107. The molecule has 0 radical (unpaired) electrons. The maximum atomic E-state index is 11.4. The van der Waals surface area contributed by atoms with E-state index in [4.69, 9.17) is 5.11 Å². The number of carbonyl (C=O) groups excluding carboxylic acids is 1. The van der Waals surface area contributed by atoms with E-state index >= 15 is 0 Å². The number of carbonyl (C=O) groups is 2. The quantitative estimate of drug-likeness (QED) is 0.728. The molecule has 2 rings (SSSR count). The van der Waals surface area contributed by atoms with Gasteiger partial charge in [-0.25, -0.2) is 9.48 Å². The monoisotopic (exact) mass is 224 g/mol. The number of nitrogens with zero attached hydrogens (tertiary/aromatic N) is 3. The molecule has 1 aliphatic carbocycles. The summed E-state index contributed by atoms with van der Waals surface area (Å²) in [6, 6.07) is 0.273. The lowest BCUT2D eigenvalue weighted by atomic mass is 9.93. The van der Waals surface area contributed by atoms with E-state index in [1.54, 1.807) is 0 Å². The van der Waals surface area contributed by atoms with E-state index in [9.17, 15) is 9.59 Å². The highest BCUT2D eigenvalue weighted by Crippen LogP contribution is 2.17. The van der Waals surface area contributed by atoms with Crippen LogP contribution in [0.15, 0.2) is 6.20 Å². The summed E-state index contributed by atoms with van der Waals surface area (Å²) in [5.41, 5.74) is -0.156. The fourth-order valence-electron chi connectivity index (χ4n) is 1.45. The molecule has 0 spiro atoms. The fourth-order valence-corrected chi connectivity index (χ4v) is 1.45. The lowest BCUT2D eigenvalue weighted by Crippen LogP contribution is -2.41. The third kappa shape index (κ3) is 2.36. The summed E-state index contributed by atoms with van der Waals surface area (Å²) in [7, 11) is 0. The summed E-state index contributed by atoms with van der Waals surface area (Å²) in [5, 5.41) is 18.4. The van der Waals surface area contributed by atoms with Crippen LogP contribution in [0.4, 0.5) is 0 Å². The Balaban J connectivity index is 1.87. The number of hydrogen-bond acceptors (Lipinski definition) is 4. The van der Waals surface area contributed by atoms with Gasteiger partial charge in [-0.05, 0) is 19.3 Å². The van der Waals surface area contributed by atoms with Crippen molar-refractivity contribution in [3.8, 4) is 0 Å². The Hall–Kier alpha value is -1.92. The molecule has 1 aromatic heterocycles. The van der Waals surface area contributed by atoms with Crippen LogP contribution in [0.5, 0.6) is 0 Å². The van der Waals surface area contributed by atoms with Gasteiger partial charge < -0.3 is 10.4 Å². The maximum absolute atomic E-state index is 11.4. The predicted octanol–water partition coefficient (Wildman–Crippen LogP) is -0.355. The molecule has 0 unspecified atom stereocenters. The molecule has 1 aliphatic rings. The first-order valence-corrected chi connectivity index (χ1v) is 5.08. The first-order valence-electron chi connectivity index (χ1n) is 5.08. The molecular weight excluding hydrogens is 212 g/mol. The summed E-state index contributed by atoms with van der Waals surface area (Å²) in [4.78, 5) is 22.0. The minimum Gasteiger partial charge on any atom is -0.476 e. The molecule has 0 atom stereocenters. The van der Waals surface area contributed by atoms with Gasteiger partial charge in [-0.1, -0.05) is 5.21 Å². The van der Waals surface area contributed by atoms with Crippen LogP contribution in [0, 0.1) is 0 Å². The third-order valence-electron chi connectivity index (χ3n) is 2.53. The fraction of sp³-hybridized carbons (Fsp3) is 0.556. The molecule has 1 heterocycles. The van der Waals surface area contributed by atoms with Crippen molar-refractivity contribution in [1.82, 2.24) is 20.3 Å². The number of amides is 1. The number of rotatable bonds is 4. The molecule has 1 saturated carbocycles. The molecule has 0 aliphatic heterocycles. The van der Waals surface area contributed by atoms with Crippen molar-refractivity contribution in [2.24, 2.45) is 0 Å². The smallest absolute Gasteiger partial charge is 0.358 e. The first kappa shape index (κ1) is 10.6. The Morgan fingerprint density at radius 1 is 1.56 bits per heavy atom. The molecule has 1 aromatic rings. The van der Waals surface area contributed by atoms with Gasteiger partial charge in [-0.3, -0.25) is 4.79 Å². The maximum Gasteiger partial charge on any atom is 0.358 e. The van der Waals surface area contributed by atoms with E-state index in [0.29, 0.717) is 0 Å². The molecule has 0 saturated heterocycles. The summed E-state index contributed by atoms with van der Waals surface area (Å²) < 4.78 is 1.22. The number of aromatic nitrogens is 3. The van der Waals surface area contributed by atoms with Crippen molar-refractivity contribution in [1.29, 1.82) is 0 Å². The van der Waals surface area contributed by atoms with Crippen molar-refractivity contribution in [3.05, 3.63) is 11.9 Å². The van der Waals surface area contributed by atoms with E-state index in [-0.39, 0.29) is 24.2 Å². The van der Waals surface area contributed by atoms with Crippen LogP contribution in [0.1, 0.15) is 29.8 Å². The second-order valence-electron chi connectivity index (χ2n) is 3.80. The Bertz CT molecular complexity index is 411.